The van der Waals surface area contributed by atoms with Crippen LogP contribution in [0.5, 0.6) is 5.75 Å². The Morgan fingerprint density at radius 1 is 1.21 bits per heavy atom. The summed E-state index contributed by atoms with van der Waals surface area (Å²) in [5, 5.41) is 5.70. The molecule has 3 heterocycles. The first kappa shape index (κ1) is 12.0. The smallest absolute Gasteiger partial charge is 0.235 e. The predicted molar refractivity (Wildman–Crippen MR) is 68.5 cm³/mol. The number of para-hydroxylation sites is 1. The van der Waals surface area contributed by atoms with Crippen LogP contribution in [0.25, 0.3) is 0 Å². The summed E-state index contributed by atoms with van der Waals surface area (Å²) in [6.07, 6.45) is 0.676. The molecule has 0 spiro atoms. The maximum absolute atomic E-state index is 12.0. The molecule has 1 aromatic carbocycles. The molecule has 3 fully saturated rings. The minimum atomic E-state index is -0.668. The highest BCUT2D eigenvalue weighted by Crippen LogP contribution is 2.43. The fourth-order valence-corrected chi connectivity index (χ4v) is 3.14. The van der Waals surface area contributed by atoms with E-state index in [4.69, 9.17) is 4.74 Å². The van der Waals surface area contributed by atoms with Gasteiger partial charge in [-0.15, -0.1) is 0 Å². The van der Waals surface area contributed by atoms with Gasteiger partial charge < -0.3 is 15.4 Å². The Morgan fingerprint density at radius 3 is 2.42 bits per heavy atom. The molecule has 1 atom stereocenters. The molecule has 0 radical (unpaired) electrons. The van der Waals surface area contributed by atoms with Crippen molar-refractivity contribution in [2.45, 2.75) is 24.9 Å². The molecule has 0 unspecified atom stereocenters. The number of benzene rings is 1. The van der Waals surface area contributed by atoms with Gasteiger partial charge in [-0.2, -0.15) is 0 Å². The Balaban J connectivity index is 2.06. The zero-order valence-corrected chi connectivity index (χ0v) is 10.9. The van der Waals surface area contributed by atoms with E-state index in [0.29, 0.717) is 6.42 Å². The predicted octanol–water partition coefficient (Wildman–Crippen LogP) is 0.761. The van der Waals surface area contributed by atoms with Gasteiger partial charge in [0, 0.05) is 5.92 Å². The van der Waals surface area contributed by atoms with E-state index >= 15 is 0 Å². The van der Waals surface area contributed by atoms with Crippen molar-refractivity contribution < 1.29 is 14.3 Å². The van der Waals surface area contributed by atoms with Crippen LogP contribution >= 0.6 is 0 Å². The molecule has 2 amide bonds. The van der Waals surface area contributed by atoms with Crippen molar-refractivity contribution >= 4 is 11.8 Å². The lowest BCUT2D eigenvalue weighted by Gasteiger charge is -2.48. The second-order valence-corrected chi connectivity index (χ2v) is 5.34. The average Bonchev–Trinajstić information content (AvgIpc) is 2.36. The van der Waals surface area contributed by atoms with Gasteiger partial charge in [0.15, 0.2) is 0 Å². The molecule has 0 saturated carbocycles. The van der Waals surface area contributed by atoms with Gasteiger partial charge in [-0.05, 0) is 25.0 Å². The number of piperidine rings is 2. The summed E-state index contributed by atoms with van der Waals surface area (Å²) in [5.74, 6) is -0.479. The molecule has 5 nitrogen and oxygen atoms in total. The summed E-state index contributed by atoms with van der Waals surface area (Å²) in [5.41, 5.74) is 0.264. The van der Waals surface area contributed by atoms with Gasteiger partial charge in [-0.1, -0.05) is 18.2 Å². The summed E-state index contributed by atoms with van der Waals surface area (Å²) in [7, 11) is 1.60. The van der Waals surface area contributed by atoms with Crippen LogP contribution in [-0.2, 0) is 9.59 Å². The van der Waals surface area contributed by atoms with Crippen LogP contribution in [0.1, 0.15) is 24.8 Å². The highest BCUT2D eigenvalue weighted by Gasteiger charge is 2.53. The molecule has 19 heavy (non-hydrogen) atoms. The fraction of sp³-hybridized carbons (Fsp3) is 0.429. The highest BCUT2D eigenvalue weighted by molar-refractivity contribution is 6.05. The average molecular weight is 260 g/mol. The zero-order valence-electron chi connectivity index (χ0n) is 10.9. The monoisotopic (exact) mass is 260 g/mol. The molecular formula is C14H16N2O3. The van der Waals surface area contributed by atoms with Gasteiger partial charge in [0.25, 0.3) is 0 Å². The number of carbonyl (C=O) groups excluding carboxylic acids is 2. The van der Waals surface area contributed by atoms with E-state index in [1.807, 2.05) is 31.2 Å². The Kier molecular flexibility index (Phi) is 2.52. The second kappa shape index (κ2) is 3.98. The van der Waals surface area contributed by atoms with Crippen molar-refractivity contribution in [1.29, 1.82) is 0 Å². The first-order chi connectivity index (χ1) is 9.04. The van der Waals surface area contributed by atoms with Crippen LogP contribution < -0.4 is 15.4 Å². The lowest BCUT2D eigenvalue weighted by Crippen LogP contribution is -2.72. The number of amides is 2. The Labute approximate surface area is 111 Å². The first-order valence-corrected chi connectivity index (χ1v) is 6.31. The summed E-state index contributed by atoms with van der Waals surface area (Å²) in [4.78, 5) is 24.1. The molecular weight excluding hydrogens is 244 g/mol. The third-order valence-corrected chi connectivity index (χ3v) is 3.93. The fourth-order valence-electron chi connectivity index (χ4n) is 3.14. The third-order valence-electron chi connectivity index (χ3n) is 3.93. The van der Waals surface area contributed by atoms with Gasteiger partial charge >= 0.3 is 0 Å². The van der Waals surface area contributed by atoms with Crippen LogP contribution in [0, 0.1) is 5.92 Å². The maximum Gasteiger partial charge on any atom is 0.235 e. The molecule has 0 aliphatic carbocycles. The molecule has 0 aromatic heterocycles. The van der Waals surface area contributed by atoms with Crippen LogP contribution in [-0.4, -0.2) is 24.6 Å². The largest absolute Gasteiger partial charge is 0.496 e. The number of methoxy groups -OCH3 is 1. The topological polar surface area (TPSA) is 67.4 Å². The molecule has 3 aliphatic rings. The van der Waals surface area contributed by atoms with Crippen LogP contribution in [0.3, 0.4) is 0 Å². The van der Waals surface area contributed by atoms with Crippen molar-refractivity contribution in [3.8, 4) is 5.75 Å². The highest BCUT2D eigenvalue weighted by atomic mass is 16.5. The van der Waals surface area contributed by atoms with E-state index in [0.717, 1.165) is 11.3 Å². The lowest BCUT2D eigenvalue weighted by atomic mass is 9.72. The number of rotatable bonds is 2. The second-order valence-electron chi connectivity index (χ2n) is 5.34. The van der Waals surface area contributed by atoms with Gasteiger partial charge in [0.1, 0.15) is 17.3 Å². The first-order valence-electron chi connectivity index (χ1n) is 6.31. The number of ether oxygens (including phenoxy) is 1. The Bertz CT molecular complexity index is 537. The standard InChI is InChI=1S/C14H16N2O3/c1-14-7-9(8-5-3-4-6-10(8)19-2)11(12(17)15-14)13(18)16-14/h3-6,9,11H,7H2,1-2H3,(H,15,17)(H,16,18)/t9-,11?,14?/m1/s1. The Morgan fingerprint density at radius 2 is 1.84 bits per heavy atom. The van der Waals surface area contributed by atoms with Crippen LogP contribution in [0.2, 0.25) is 0 Å². The van der Waals surface area contributed by atoms with Crippen molar-refractivity contribution in [3.63, 3.8) is 0 Å². The molecule has 2 N–H and O–H groups in total. The van der Waals surface area contributed by atoms with Crippen LogP contribution in [0.4, 0.5) is 0 Å². The van der Waals surface area contributed by atoms with Gasteiger partial charge in [0.05, 0.1) is 7.11 Å². The Hall–Kier alpha value is -2.04. The normalized spacial score (nSPS) is 32.7. The summed E-state index contributed by atoms with van der Waals surface area (Å²) >= 11 is 0. The van der Waals surface area contributed by atoms with Crippen molar-refractivity contribution in [1.82, 2.24) is 10.6 Å². The van der Waals surface area contributed by atoms with Crippen molar-refractivity contribution in [2.24, 2.45) is 5.92 Å². The zero-order chi connectivity index (χ0) is 13.6. The number of nitrogens with one attached hydrogen (secondary N) is 2. The minimum absolute atomic E-state index is 0.136. The third kappa shape index (κ3) is 1.77. The minimum Gasteiger partial charge on any atom is -0.496 e. The van der Waals surface area contributed by atoms with Gasteiger partial charge in [-0.25, -0.2) is 0 Å². The number of carbonyl (C=O) groups is 2. The summed E-state index contributed by atoms with van der Waals surface area (Å²) in [6, 6.07) is 7.56. The summed E-state index contributed by atoms with van der Waals surface area (Å²) < 4.78 is 5.35. The van der Waals surface area contributed by atoms with E-state index in [1.165, 1.54) is 0 Å². The van der Waals surface area contributed by atoms with E-state index in [1.54, 1.807) is 7.11 Å². The molecule has 1 aromatic rings. The number of hydrogen-bond donors (Lipinski definition) is 2. The molecule has 3 saturated heterocycles. The molecule has 5 heteroatoms. The van der Waals surface area contributed by atoms with Crippen LogP contribution in [0.15, 0.2) is 24.3 Å². The van der Waals surface area contributed by atoms with Gasteiger partial charge in [-0.3, -0.25) is 9.59 Å². The molecule has 4 rings (SSSR count). The number of fused-ring (bicyclic) bond motifs is 3. The summed E-state index contributed by atoms with van der Waals surface area (Å²) in [6.45, 7) is 1.83. The molecule has 3 aliphatic heterocycles. The van der Waals surface area contributed by atoms with Crippen molar-refractivity contribution in [2.75, 3.05) is 7.11 Å². The quantitative estimate of drug-likeness (QED) is 0.771. The van der Waals surface area contributed by atoms with E-state index in [9.17, 15) is 9.59 Å². The van der Waals surface area contributed by atoms with Gasteiger partial charge in [0.2, 0.25) is 11.8 Å². The number of hydrogen-bond acceptors (Lipinski definition) is 3. The van der Waals surface area contributed by atoms with Crippen molar-refractivity contribution in [3.05, 3.63) is 29.8 Å². The maximum atomic E-state index is 12.0. The van der Waals surface area contributed by atoms with E-state index in [-0.39, 0.29) is 17.7 Å². The lowest BCUT2D eigenvalue weighted by molar-refractivity contribution is -0.149. The molecule has 100 valence electrons. The molecule has 2 bridgehead atoms. The SMILES string of the molecule is COc1ccccc1[C@H]1CC2(C)NC(=O)C1C(=O)N2. The van der Waals surface area contributed by atoms with E-state index < -0.39 is 11.6 Å². The van der Waals surface area contributed by atoms with E-state index in [2.05, 4.69) is 10.6 Å².